The number of phenols is 2. The third-order valence-electron chi connectivity index (χ3n) is 10.2. The van der Waals surface area contributed by atoms with E-state index in [0.29, 0.717) is 71.6 Å². The molecular formula is C48H31ClN6O5. The number of halogens is 1. The van der Waals surface area contributed by atoms with Crippen molar-refractivity contribution >= 4 is 84.9 Å². The first-order valence-electron chi connectivity index (χ1n) is 18.7. The number of azo groups is 2. The fourth-order valence-electron chi connectivity index (χ4n) is 7.25. The highest BCUT2D eigenvalue weighted by Gasteiger charge is 2.28. The van der Waals surface area contributed by atoms with Crippen molar-refractivity contribution in [1.29, 1.82) is 0 Å². The van der Waals surface area contributed by atoms with Gasteiger partial charge in [0, 0.05) is 27.6 Å². The molecule has 1 aliphatic carbocycles. The first-order chi connectivity index (χ1) is 29.1. The summed E-state index contributed by atoms with van der Waals surface area (Å²) in [4.78, 5) is 40.6. The van der Waals surface area contributed by atoms with Gasteiger partial charge in [-0.2, -0.15) is 10.2 Å². The van der Waals surface area contributed by atoms with Gasteiger partial charge >= 0.3 is 0 Å². The van der Waals surface area contributed by atoms with E-state index in [1.165, 1.54) is 0 Å². The summed E-state index contributed by atoms with van der Waals surface area (Å²) in [6, 6.07) is 41.9. The molecule has 0 heterocycles. The second-order valence-corrected chi connectivity index (χ2v) is 14.5. The predicted molar refractivity (Wildman–Crippen MR) is 233 cm³/mol. The highest BCUT2D eigenvalue weighted by Crippen LogP contribution is 2.44. The van der Waals surface area contributed by atoms with Crippen molar-refractivity contribution in [2.75, 3.05) is 10.6 Å². The van der Waals surface area contributed by atoms with Crippen molar-refractivity contribution in [2.45, 2.75) is 6.92 Å². The lowest BCUT2D eigenvalue weighted by atomic mass is 10.0. The molecule has 0 saturated carbocycles. The summed E-state index contributed by atoms with van der Waals surface area (Å²) in [5, 5.41) is 48.8. The molecule has 4 N–H and O–H groups in total. The number of carbonyl (C=O) groups excluding carboxylic acids is 3. The molecule has 0 atom stereocenters. The van der Waals surface area contributed by atoms with E-state index in [9.17, 15) is 24.6 Å². The SMILES string of the molecule is Cc1cccc(NC(=O)c2cc3ccccc3c(/N=N/c3ccc4c(c3)C(=O)c3cc(/N=N/c5c(O)c(C(=O)Nc6ccccc6Cl)cc6ccccc56)ccc3-4)c2O)c1. The standard InChI is InChI=1S/C48H31ClN6O5/c1-26-9-8-12-29(21-26)50-47(59)38-22-27-10-2-4-13-32(27)42(45(38)57)54-52-30-17-19-34-35-20-18-31(25-37(35)44(56)36(34)24-30)53-55-43-33-14-5-3-11-28(33)23-39(46(43)58)48(60)51-41-16-7-6-15-40(41)49/h2-25,57-58H,1H3,(H,50,59)(H,51,60)/b54-52+,55-53+. The molecular weight excluding hydrogens is 776 g/mol. The summed E-state index contributed by atoms with van der Waals surface area (Å²) in [7, 11) is 0. The molecule has 8 aromatic carbocycles. The van der Waals surface area contributed by atoms with E-state index in [2.05, 4.69) is 31.1 Å². The van der Waals surface area contributed by atoms with E-state index in [4.69, 9.17) is 11.6 Å². The summed E-state index contributed by atoms with van der Waals surface area (Å²) in [6.07, 6.45) is 0. The second-order valence-electron chi connectivity index (χ2n) is 14.1. The Bertz CT molecular complexity index is 3180. The third-order valence-corrected chi connectivity index (χ3v) is 10.5. The number of phenolic OH excluding ortho intramolecular Hbond substituents is 2. The minimum Gasteiger partial charge on any atom is -0.505 e. The van der Waals surface area contributed by atoms with Gasteiger partial charge in [-0.15, -0.1) is 10.2 Å². The summed E-state index contributed by atoms with van der Waals surface area (Å²) in [6.45, 7) is 1.92. The van der Waals surface area contributed by atoms with Crippen LogP contribution < -0.4 is 10.6 Å². The van der Waals surface area contributed by atoms with Crippen molar-refractivity contribution in [3.63, 3.8) is 0 Å². The zero-order chi connectivity index (χ0) is 41.5. The maximum Gasteiger partial charge on any atom is 0.259 e. The van der Waals surface area contributed by atoms with Crippen LogP contribution >= 0.6 is 11.6 Å². The normalized spacial score (nSPS) is 12.0. The molecule has 8 aromatic rings. The van der Waals surface area contributed by atoms with E-state index in [-0.39, 0.29) is 39.8 Å². The lowest BCUT2D eigenvalue weighted by Gasteiger charge is -2.12. The quantitative estimate of drug-likeness (QED) is 0.112. The number of benzene rings is 8. The third kappa shape index (κ3) is 6.99. The first-order valence-corrected chi connectivity index (χ1v) is 19.1. The van der Waals surface area contributed by atoms with E-state index in [1.807, 2.05) is 43.3 Å². The Kier molecular flexibility index (Phi) is 9.63. The molecule has 0 fully saturated rings. The lowest BCUT2D eigenvalue weighted by molar-refractivity contribution is 0.101. The Morgan fingerprint density at radius 3 is 1.60 bits per heavy atom. The zero-order valence-corrected chi connectivity index (χ0v) is 32.4. The van der Waals surface area contributed by atoms with Crippen molar-refractivity contribution in [2.24, 2.45) is 20.5 Å². The monoisotopic (exact) mass is 806 g/mol. The number of fused-ring (bicyclic) bond motifs is 5. The van der Waals surface area contributed by atoms with Gasteiger partial charge < -0.3 is 20.8 Å². The maximum atomic E-state index is 13.9. The van der Waals surface area contributed by atoms with Crippen LogP contribution in [-0.4, -0.2) is 27.8 Å². The highest BCUT2D eigenvalue weighted by atomic mass is 35.5. The summed E-state index contributed by atoms with van der Waals surface area (Å²) in [5.41, 5.74) is 5.04. The van der Waals surface area contributed by atoms with Gasteiger partial charge in [0.15, 0.2) is 17.3 Å². The van der Waals surface area contributed by atoms with Crippen molar-refractivity contribution in [1.82, 2.24) is 0 Å². The smallest absolute Gasteiger partial charge is 0.259 e. The first kappa shape index (κ1) is 37.6. The fourth-order valence-corrected chi connectivity index (χ4v) is 7.43. The lowest BCUT2D eigenvalue weighted by Crippen LogP contribution is -2.12. The van der Waals surface area contributed by atoms with Gasteiger partial charge in [-0.1, -0.05) is 96.5 Å². The number of rotatable bonds is 8. The van der Waals surface area contributed by atoms with Crippen molar-refractivity contribution in [3.05, 3.63) is 178 Å². The minimum atomic E-state index is -0.581. The largest absolute Gasteiger partial charge is 0.505 e. The number of anilines is 2. The second kappa shape index (κ2) is 15.4. The Hall–Kier alpha value is -8.02. The van der Waals surface area contributed by atoms with Gasteiger partial charge in [0.1, 0.15) is 11.4 Å². The molecule has 0 unspecified atom stereocenters. The van der Waals surface area contributed by atoms with Crippen LogP contribution in [0.3, 0.4) is 0 Å². The van der Waals surface area contributed by atoms with Gasteiger partial charge in [0.05, 0.1) is 33.2 Å². The van der Waals surface area contributed by atoms with E-state index < -0.39 is 11.8 Å². The average Bonchev–Trinajstić information content (AvgIpc) is 3.53. The van der Waals surface area contributed by atoms with Gasteiger partial charge in [-0.25, -0.2) is 0 Å². The number of nitrogens with one attached hydrogen (secondary N) is 2. The number of aromatic hydroxyl groups is 2. The van der Waals surface area contributed by atoms with Crippen LogP contribution in [0.1, 0.15) is 42.2 Å². The predicted octanol–water partition coefficient (Wildman–Crippen LogP) is 12.9. The summed E-state index contributed by atoms with van der Waals surface area (Å²) in [5.74, 6) is -2.05. The average molecular weight is 807 g/mol. The van der Waals surface area contributed by atoms with Crippen LogP contribution in [0.15, 0.2) is 166 Å². The van der Waals surface area contributed by atoms with Crippen molar-refractivity contribution < 1.29 is 24.6 Å². The molecule has 0 bridgehead atoms. The molecule has 290 valence electrons. The number of aryl methyl sites for hydroxylation is 1. The molecule has 0 aromatic heterocycles. The Balaban J connectivity index is 0.994. The van der Waals surface area contributed by atoms with Crippen LogP contribution in [0.2, 0.25) is 5.02 Å². The minimum absolute atomic E-state index is 0.0187. The van der Waals surface area contributed by atoms with Gasteiger partial charge in [0.2, 0.25) is 0 Å². The molecule has 0 aliphatic heterocycles. The van der Waals surface area contributed by atoms with Gasteiger partial charge in [-0.3, -0.25) is 14.4 Å². The Labute approximate surface area is 347 Å². The number of nitrogens with zero attached hydrogens (tertiary/aromatic N) is 4. The zero-order valence-electron chi connectivity index (χ0n) is 31.6. The molecule has 0 radical (unpaired) electrons. The van der Waals surface area contributed by atoms with Gasteiger partial charge in [-0.05, 0) is 95.1 Å². The Morgan fingerprint density at radius 1 is 0.533 bits per heavy atom. The molecule has 11 nitrogen and oxygen atoms in total. The number of hydrogen-bond acceptors (Lipinski definition) is 9. The van der Waals surface area contributed by atoms with Crippen LogP contribution in [0, 0.1) is 6.92 Å². The van der Waals surface area contributed by atoms with Crippen LogP contribution in [-0.2, 0) is 0 Å². The number of hydrogen-bond donors (Lipinski definition) is 4. The highest BCUT2D eigenvalue weighted by molar-refractivity contribution is 6.34. The molecule has 60 heavy (non-hydrogen) atoms. The molecule has 2 amide bonds. The summed E-state index contributed by atoms with van der Waals surface area (Å²) < 4.78 is 0. The van der Waals surface area contributed by atoms with E-state index >= 15 is 0 Å². The number of amides is 2. The molecule has 0 spiro atoms. The Morgan fingerprint density at radius 2 is 1.05 bits per heavy atom. The fraction of sp³-hybridized carbons (Fsp3) is 0.0208. The number of carbonyl (C=O) groups is 3. The molecule has 1 aliphatic rings. The number of ketones is 1. The molecule has 12 heteroatoms. The van der Waals surface area contributed by atoms with Crippen LogP contribution in [0.5, 0.6) is 11.5 Å². The van der Waals surface area contributed by atoms with Crippen molar-refractivity contribution in [3.8, 4) is 22.6 Å². The summed E-state index contributed by atoms with van der Waals surface area (Å²) >= 11 is 6.26. The van der Waals surface area contributed by atoms with E-state index in [0.717, 1.165) is 5.56 Å². The topological polar surface area (TPSA) is 165 Å². The van der Waals surface area contributed by atoms with Crippen LogP contribution in [0.25, 0.3) is 32.7 Å². The maximum absolute atomic E-state index is 13.9. The number of para-hydroxylation sites is 1. The van der Waals surface area contributed by atoms with Crippen LogP contribution in [0.4, 0.5) is 34.1 Å². The molecule has 0 saturated heterocycles. The van der Waals surface area contributed by atoms with Gasteiger partial charge in [0.25, 0.3) is 11.8 Å². The molecule has 9 rings (SSSR count). The van der Waals surface area contributed by atoms with E-state index in [1.54, 1.807) is 109 Å².